The molecule has 3 N–H and O–H groups in total. The summed E-state index contributed by atoms with van der Waals surface area (Å²) in [5.41, 5.74) is 7.16. The summed E-state index contributed by atoms with van der Waals surface area (Å²) in [5.74, 6) is -0.0627. The normalized spacial score (nSPS) is 10.4. The van der Waals surface area contributed by atoms with Crippen molar-refractivity contribution in [3.8, 4) is 0 Å². The lowest BCUT2D eigenvalue weighted by Gasteiger charge is -2.11. The maximum absolute atomic E-state index is 11.6. The zero-order valence-corrected chi connectivity index (χ0v) is 9.16. The van der Waals surface area contributed by atoms with Crippen molar-refractivity contribution in [2.75, 3.05) is 20.8 Å². The van der Waals surface area contributed by atoms with Crippen LogP contribution in [0.15, 0.2) is 24.3 Å². The lowest BCUT2D eigenvalue weighted by Crippen LogP contribution is -2.33. The number of hydrogen-bond acceptors (Lipinski definition) is 3. The van der Waals surface area contributed by atoms with Gasteiger partial charge in [-0.3, -0.25) is 9.69 Å². The SMILES string of the molecule is CN(C)CNC(=O)c1ccc(CN)cc1. The first kappa shape index (κ1) is 11.7. The van der Waals surface area contributed by atoms with Crippen LogP contribution in [0.1, 0.15) is 15.9 Å². The van der Waals surface area contributed by atoms with E-state index in [9.17, 15) is 4.79 Å². The number of amides is 1. The first-order valence-electron chi connectivity index (χ1n) is 4.85. The van der Waals surface area contributed by atoms with Crippen molar-refractivity contribution < 1.29 is 4.79 Å². The Labute approximate surface area is 90.1 Å². The molecule has 0 radical (unpaired) electrons. The Morgan fingerprint density at radius 3 is 2.40 bits per heavy atom. The summed E-state index contributed by atoms with van der Waals surface area (Å²) in [5, 5.41) is 2.79. The quantitative estimate of drug-likeness (QED) is 0.702. The molecule has 0 saturated carbocycles. The number of carbonyl (C=O) groups excluding carboxylic acids is 1. The Hall–Kier alpha value is -1.39. The van der Waals surface area contributed by atoms with Gasteiger partial charge in [-0.2, -0.15) is 0 Å². The molecule has 0 fully saturated rings. The summed E-state index contributed by atoms with van der Waals surface area (Å²) in [6, 6.07) is 7.30. The molecule has 0 bridgehead atoms. The maximum Gasteiger partial charge on any atom is 0.252 e. The molecular weight excluding hydrogens is 190 g/mol. The average Bonchev–Trinajstić information content (AvgIpc) is 2.26. The van der Waals surface area contributed by atoms with Crippen LogP contribution in [0, 0.1) is 0 Å². The van der Waals surface area contributed by atoms with Gasteiger partial charge >= 0.3 is 0 Å². The first-order valence-corrected chi connectivity index (χ1v) is 4.85. The minimum atomic E-state index is -0.0627. The molecule has 0 atom stereocenters. The predicted molar refractivity (Wildman–Crippen MR) is 60.4 cm³/mol. The van der Waals surface area contributed by atoms with E-state index in [0.717, 1.165) is 5.56 Å². The summed E-state index contributed by atoms with van der Waals surface area (Å²) in [6.45, 7) is 1.04. The largest absolute Gasteiger partial charge is 0.339 e. The van der Waals surface area contributed by atoms with Gasteiger partial charge < -0.3 is 11.1 Å². The topological polar surface area (TPSA) is 58.4 Å². The van der Waals surface area contributed by atoms with Crippen LogP contribution in [0.25, 0.3) is 0 Å². The van der Waals surface area contributed by atoms with Gasteiger partial charge in [-0.25, -0.2) is 0 Å². The second-order valence-corrected chi connectivity index (χ2v) is 3.64. The van der Waals surface area contributed by atoms with Gasteiger partial charge in [0.25, 0.3) is 5.91 Å². The summed E-state index contributed by atoms with van der Waals surface area (Å²) >= 11 is 0. The second-order valence-electron chi connectivity index (χ2n) is 3.64. The summed E-state index contributed by atoms with van der Waals surface area (Å²) in [6.07, 6.45) is 0. The minimum absolute atomic E-state index is 0.0627. The van der Waals surface area contributed by atoms with Crippen LogP contribution in [0.5, 0.6) is 0 Å². The number of nitrogens with two attached hydrogens (primary N) is 1. The van der Waals surface area contributed by atoms with Crippen LogP contribution in [-0.4, -0.2) is 31.6 Å². The highest BCUT2D eigenvalue weighted by atomic mass is 16.1. The van der Waals surface area contributed by atoms with E-state index in [4.69, 9.17) is 5.73 Å². The van der Waals surface area contributed by atoms with Gasteiger partial charge in [0.1, 0.15) is 0 Å². The van der Waals surface area contributed by atoms with E-state index in [1.54, 1.807) is 12.1 Å². The van der Waals surface area contributed by atoms with E-state index in [1.165, 1.54) is 0 Å². The van der Waals surface area contributed by atoms with Crippen molar-refractivity contribution >= 4 is 5.91 Å². The fourth-order valence-corrected chi connectivity index (χ4v) is 1.12. The zero-order valence-electron chi connectivity index (χ0n) is 9.16. The fourth-order valence-electron chi connectivity index (χ4n) is 1.12. The second kappa shape index (κ2) is 5.48. The summed E-state index contributed by atoms with van der Waals surface area (Å²) < 4.78 is 0. The van der Waals surface area contributed by atoms with Crippen molar-refractivity contribution in [3.63, 3.8) is 0 Å². The number of rotatable bonds is 4. The molecule has 4 nitrogen and oxygen atoms in total. The van der Waals surface area contributed by atoms with Crippen molar-refractivity contribution in [1.29, 1.82) is 0 Å². The number of carbonyl (C=O) groups is 1. The molecule has 0 aliphatic heterocycles. The predicted octanol–water partition coefficient (Wildman–Crippen LogP) is 0.394. The fraction of sp³-hybridized carbons (Fsp3) is 0.364. The van der Waals surface area contributed by atoms with Crippen LogP contribution < -0.4 is 11.1 Å². The monoisotopic (exact) mass is 207 g/mol. The average molecular weight is 207 g/mol. The molecule has 1 aromatic rings. The molecule has 0 aliphatic carbocycles. The molecule has 0 saturated heterocycles. The van der Waals surface area contributed by atoms with Gasteiger partial charge in [0.15, 0.2) is 0 Å². The molecule has 15 heavy (non-hydrogen) atoms. The van der Waals surface area contributed by atoms with E-state index in [1.807, 2.05) is 31.1 Å². The maximum atomic E-state index is 11.6. The van der Waals surface area contributed by atoms with Gasteiger partial charge in [0, 0.05) is 12.1 Å². The highest BCUT2D eigenvalue weighted by Crippen LogP contribution is 2.03. The number of benzene rings is 1. The van der Waals surface area contributed by atoms with Crippen LogP contribution in [-0.2, 0) is 6.54 Å². The van der Waals surface area contributed by atoms with E-state index >= 15 is 0 Å². The first-order chi connectivity index (χ1) is 7.13. The molecule has 1 amide bonds. The molecule has 82 valence electrons. The van der Waals surface area contributed by atoms with Crippen LogP contribution in [0.3, 0.4) is 0 Å². The smallest absolute Gasteiger partial charge is 0.252 e. The third-order valence-corrected chi connectivity index (χ3v) is 2.01. The Kier molecular flexibility index (Phi) is 4.27. The molecule has 0 heterocycles. The van der Waals surface area contributed by atoms with Gasteiger partial charge in [-0.15, -0.1) is 0 Å². The van der Waals surface area contributed by atoms with Crippen LogP contribution >= 0.6 is 0 Å². The van der Waals surface area contributed by atoms with Crippen molar-refractivity contribution in [2.24, 2.45) is 5.73 Å². The zero-order chi connectivity index (χ0) is 11.3. The van der Waals surface area contributed by atoms with Crippen molar-refractivity contribution in [2.45, 2.75) is 6.54 Å². The number of nitrogens with one attached hydrogen (secondary N) is 1. The lowest BCUT2D eigenvalue weighted by atomic mass is 10.1. The van der Waals surface area contributed by atoms with Crippen LogP contribution in [0.4, 0.5) is 0 Å². The third-order valence-electron chi connectivity index (χ3n) is 2.01. The summed E-state index contributed by atoms with van der Waals surface area (Å²) in [7, 11) is 3.80. The molecule has 1 rings (SSSR count). The molecule has 0 aliphatic rings. The molecule has 1 aromatic carbocycles. The number of nitrogens with zero attached hydrogens (tertiary/aromatic N) is 1. The number of hydrogen-bond donors (Lipinski definition) is 2. The Morgan fingerprint density at radius 1 is 1.33 bits per heavy atom. The molecule has 0 spiro atoms. The minimum Gasteiger partial charge on any atom is -0.339 e. The van der Waals surface area contributed by atoms with Gasteiger partial charge in [-0.05, 0) is 31.8 Å². The van der Waals surface area contributed by atoms with Gasteiger partial charge in [0.05, 0.1) is 6.67 Å². The Bertz CT molecular complexity index is 319. The Balaban J connectivity index is 2.58. The standard InChI is InChI=1S/C11H17N3O/c1-14(2)8-13-11(15)10-5-3-9(7-12)4-6-10/h3-6H,7-8,12H2,1-2H3,(H,13,15). The molecule has 0 aromatic heterocycles. The van der Waals surface area contributed by atoms with Crippen molar-refractivity contribution in [1.82, 2.24) is 10.2 Å². The van der Waals surface area contributed by atoms with E-state index < -0.39 is 0 Å². The van der Waals surface area contributed by atoms with Crippen LogP contribution in [0.2, 0.25) is 0 Å². The highest BCUT2D eigenvalue weighted by molar-refractivity contribution is 5.94. The van der Waals surface area contributed by atoms with E-state index in [0.29, 0.717) is 18.8 Å². The van der Waals surface area contributed by atoms with Crippen molar-refractivity contribution in [3.05, 3.63) is 35.4 Å². The molecule has 4 heteroatoms. The Morgan fingerprint density at radius 2 is 1.93 bits per heavy atom. The van der Waals surface area contributed by atoms with Gasteiger partial charge in [-0.1, -0.05) is 12.1 Å². The third kappa shape index (κ3) is 3.69. The molecular formula is C11H17N3O. The van der Waals surface area contributed by atoms with E-state index in [-0.39, 0.29) is 5.91 Å². The molecule has 0 unspecified atom stereocenters. The lowest BCUT2D eigenvalue weighted by molar-refractivity contribution is 0.0935. The summed E-state index contributed by atoms with van der Waals surface area (Å²) in [4.78, 5) is 13.5. The van der Waals surface area contributed by atoms with E-state index in [2.05, 4.69) is 5.32 Å². The highest BCUT2D eigenvalue weighted by Gasteiger charge is 2.04. The van der Waals surface area contributed by atoms with Gasteiger partial charge in [0.2, 0.25) is 0 Å².